The molecule has 1 aliphatic rings. The van der Waals surface area contributed by atoms with Crippen molar-refractivity contribution in [1.82, 2.24) is 5.32 Å². The van der Waals surface area contributed by atoms with Gasteiger partial charge in [0.1, 0.15) is 5.75 Å². The molecule has 26 heavy (non-hydrogen) atoms. The van der Waals surface area contributed by atoms with Gasteiger partial charge in [-0.2, -0.15) is 0 Å². The van der Waals surface area contributed by atoms with Crippen molar-refractivity contribution < 1.29 is 14.3 Å². The van der Waals surface area contributed by atoms with Crippen LogP contribution in [-0.4, -0.2) is 32.8 Å². The summed E-state index contributed by atoms with van der Waals surface area (Å²) in [6, 6.07) is 15.0. The van der Waals surface area contributed by atoms with Gasteiger partial charge < -0.3 is 20.1 Å². The average Bonchev–Trinajstić information content (AvgIpc) is 2.69. The van der Waals surface area contributed by atoms with Gasteiger partial charge in [-0.25, -0.2) is 0 Å². The van der Waals surface area contributed by atoms with Gasteiger partial charge in [0.15, 0.2) is 0 Å². The summed E-state index contributed by atoms with van der Waals surface area (Å²) in [7, 11) is 1.61. The van der Waals surface area contributed by atoms with Crippen molar-refractivity contribution in [2.24, 2.45) is 5.92 Å². The maximum atomic E-state index is 12.4. The van der Waals surface area contributed by atoms with Crippen molar-refractivity contribution in [3.8, 4) is 5.75 Å². The number of hydrogen-bond donors (Lipinski definition) is 2. The highest BCUT2D eigenvalue weighted by molar-refractivity contribution is 6.04. The van der Waals surface area contributed by atoms with E-state index in [0.717, 1.165) is 49.7 Å². The number of amides is 1. The van der Waals surface area contributed by atoms with Crippen LogP contribution in [0.15, 0.2) is 48.5 Å². The number of methoxy groups -OCH3 is 1. The highest BCUT2D eigenvalue weighted by Gasteiger charge is 2.13. The fourth-order valence-corrected chi connectivity index (χ4v) is 3.09. The molecule has 0 bridgehead atoms. The average molecular weight is 354 g/mol. The van der Waals surface area contributed by atoms with Crippen LogP contribution in [0.2, 0.25) is 0 Å². The SMILES string of the molecule is COc1ccc(C(=O)Nc2cccc(CNCC3CCCOC3)c2)cc1. The Balaban J connectivity index is 1.51. The second kappa shape index (κ2) is 9.36. The summed E-state index contributed by atoms with van der Waals surface area (Å²) in [6.07, 6.45) is 2.38. The van der Waals surface area contributed by atoms with Crippen molar-refractivity contribution in [2.75, 3.05) is 32.2 Å². The predicted octanol–water partition coefficient (Wildman–Crippen LogP) is 3.46. The summed E-state index contributed by atoms with van der Waals surface area (Å²) >= 11 is 0. The van der Waals surface area contributed by atoms with Crippen LogP contribution in [-0.2, 0) is 11.3 Å². The Morgan fingerprint density at radius 3 is 2.81 bits per heavy atom. The largest absolute Gasteiger partial charge is 0.497 e. The van der Waals surface area contributed by atoms with E-state index in [4.69, 9.17) is 9.47 Å². The molecule has 3 rings (SSSR count). The van der Waals surface area contributed by atoms with Gasteiger partial charge in [0, 0.05) is 30.9 Å². The molecule has 0 aromatic heterocycles. The summed E-state index contributed by atoms with van der Waals surface area (Å²) < 4.78 is 10.6. The van der Waals surface area contributed by atoms with Crippen LogP contribution < -0.4 is 15.4 Å². The molecule has 1 heterocycles. The molecule has 1 amide bonds. The van der Waals surface area contributed by atoms with Crippen LogP contribution in [0.3, 0.4) is 0 Å². The van der Waals surface area contributed by atoms with Crippen molar-refractivity contribution in [2.45, 2.75) is 19.4 Å². The zero-order valence-electron chi connectivity index (χ0n) is 15.2. The first-order chi connectivity index (χ1) is 12.7. The van der Waals surface area contributed by atoms with E-state index in [0.29, 0.717) is 11.5 Å². The summed E-state index contributed by atoms with van der Waals surface area (Å²) in [5.41, 5.74) is 2.55. The van der Waals surface area contributed by atoms with E-state index in [9.17, 15) is 4.79 Å². The van der Waals surface area contributed by atoms with Crippen LogP contribution in [0, 0.1) is 5.92 Å². The molecule has 1 fully saturated rings. The molecule has 2 aromatic carbocycles. The molecule has 1 atom stereocenters. The molecule has 1 saturated heterocycles. The molecule has 0 aliphatic carbocycles. The second-order valence-electron chi connectivity index (χ2n) is 6.60. The molecular weight excluding hydrogens is 328 g/mol. The number of hydrogen-bond acceptors (Lipinski definition) is 4. The second-order valence-corrected chi connectivity index (χ2v) is 6.60. The van der Waals surface area contributed by atoms with Crippen molar-refractivity contribution in [3.63, 3.8) is 0 Å². The third kappa shape index (κ3) is 5.31. The first kappa shape index (κ1) is 18.4. The van der Waals surface area contributed by atoms with Crippen LogP contribution in [0.4, 0.5) is 5.69 Å². The van der Waals surface area contributed by atoms with Crippen molar-refractivity contribution in [3.05, 3.63) is 59.7 Å². The summed E-state index contributed by atoms with van der Waals surface area (Å²) in [4.78, 5) is 12.4. The Bertz CT molecular complexity index is 709. The van der Waals surface area contributed by atoms with Gasteiger partial charge in [0.2, 0.25) is 0 Å². The van der Waals surface area contributed by atoms with Crippen molar-refractivity contribution in [1.29, 1.82) is 0 Å². The predicted molar refractivity (Wildman–Crippen MR) is 103 cm³/mol. The highest BCUT2D eigenvalue weighted by Crippen LogP contribution is 2.16. The summed E-state index contributed by atoms with van der Waals surface area (Å²) in [5, 5.41) is 6.44. The lowest BCUT2D eigenvalue weighted by molar-refractivity contribution is 0.0547. The Hall–Kier alpha value is -2.37. The molecule has 0 radical (unpaired) electrons. The number of carbonyl (C=O) groups is 1. The number of nitrogens with one attached hydrogen (secondary N) is 2. The summed E-state index contributed by atoms with van der Waals surface area (Å²) in [5.74, 6) is 1.21. The van der Waals surface area contributed by atoms with E-state index in [2.05, 4.69) is 16.7 Å². The van der Waals surface area contributed by atoms with Gasteiger partial charge in [-0.05, 0) is 60.7 Å². The number of rotatable bonds is 7. The van der Waals surface area contributed by atoms with Crippen LogP contribution in [0.5, 0.6) is 5.75 Å². The van der Waals surface area contributed by atoms with E-state index in [1.165, 1.54) is 6.42 Å². The van der Waals surface area contributed by atoms with Gasteiger partial charge >= 0.3 is 0 Å². The van der Waals surface area contributed by atoms with Gasteiger partial charge in [-0.15, -0.1) is 0 Å². The minimum absolute atomic E-state index is 0.128. The highest BCUT2D eigenvalue weighted by atomic mass is 16.5. The normalized spacial score (nSPS) is 16.9. The standard InChI is InChI=1S/C21H26N2O3/c1-25-20-9-7-18(8-10-20)21(24)23-19-6-2-4-16(12-19)13-22-14-17-5-3-11-26-15-17/h2,4,6-10,12,17,22H,3,5,11,13-15H2,1H3,(H,23,24). The molecule has 1 unspecified atom stereocenters. The molecular formula is C21H26N2O3. The third-order valence-electron chi connectivity index (χ3n) is 4.55. The Kier molecular flexibility index (Phi) is 6.63. The fourth-order valence-electron chi connectivity index (χ4n) is 3.09. The van der Waals surface area contributed by atoms with Gasteiger partial charge in [0.25, 0.3) is 5.91 Å². The zero-order valence-corrected chi connectivity index (χ0v) is 15.2. The van der Waals surface area contributed by atoms with E-state index < -0.39 is 0 Å². The van der Waals surface area contributed by atoms with Crippen LogP contribution >= 0.6 is 0 Å². The monoisotopic (exact) mass is 354 g/mol. The number of anilines is 1. The Labute approximate surface area is 154 Å². The maximum Gasteiger partial charge on any atom is 0.255 e. The van der Waals surface area contributed by atoms with Crippen LogP contribution in [0.25, 0.3) is 0 Å². The smallest absolute Gasteiger partial charge is 0.255 e. The van der Waals surface area contributed by atoms with E-state index >= 15 is 0 Å². The number of ether oxygens (including phenoxy) is 2. The molecule has 0 saturated carbocycles. The molecule has 1 aliphatic heterocycles. The van der Waals surface area contributed by atoms with Gasteiger partial charge in [-0.1, -0.05) is 12.1 Å². The van der Waals surface area contributed by atoms with Crippen molar-refractivity contribution >= 4 is 11.6 Å². The number of carbonyl (C=O) groups excluding carboxylic acids is 1. The quantitative estimate of drug-likeness (QED) is 0.799. The van der Waals surface area contributed by atoms with Gasteiger partial charge in [0.05, 0.1) is 13.7 Å². The lowest BCUT2D eigenvalue weighted by atomic mass is 10.0. The summed E-state index contributed by atoms with van der Waals surface area (Å²) in [6.45, 7) is 3.49. The topological polar surface area (TPSA) is 59.6 Å². The Morgan fingerprint density at radius 2 is 2.08 bits per heavy atom. The van der Waals surface area contributed by atoms with E-state index in [1.807, 2.05) is 18.2 Å². The van der Waals surface area contributed by atoms with Gasteiger partial charge in [-0.3, -0.25) is 4.79 Å². The maximum absolute atomic E-state index is 12.4. The van der Waals surface area contributed by atoms with E-state index in [-0.39, 0.29) is 5.91 Å². The zero-order chi connectivity index (χ0) is 18.2. The molecule has 0 spiro atoms. The molecule has 138 valence electrons. The van der Waals surface area contributed by atoms with E-state index in [1.54, 1.807) is 31.4 Å². The molecule has 2 N–H and O–H groups in total. The van der Waals surface area contributed by atoms with Crippen LogP contribution in [0.1, 0.15) is 28.8 Å². The molecule has 2 aromatic rings. The minimum Gasteiger partial charge on any atom is -0.497 e. The number of benzene rings is 2. The first-order valence-corrected chi connectivity index (χ1v) is 9.07. The molecule has 5 nitrogen and oxygen atoms in total. The minimum atomic E-state index is -0.128. The Morgan fingerprint density at radius 1 is 1.23 bits per heavy atom. The lowest BCUT2D eigenvalue weighted by Gasteiger charge is -2.22. The molecule has 5 heteroatoms. The lowest BCUT2D eigenvalue weighted by Crippen LogP contribution is -2.28. The fraction of sp³-hybridized carbons (Fsp3) is 0.381. The first-order valence-electron chi connectivity index (χ1n) is 9.07. The third-order valence-corrected chi connectivity index (χ3v) is 4.55.